The number of rotatable bonds is 4. The maximum Gasteiger partial charge on any atom is 0.299 e. The van der Waals surface area contributed by atoms with Crippen molar-refractivity contribution in [2.75, 3.05) is 17.6 Å². The molecule has 1 atom stereocenters. The zero-order valence-corrected chi connectivity index (χ0v) is 20.7. The number of hydrogen-bond donors (Lipinski definition) is 2. The molecule has 3 N–H and O–H groups in total. The second kappa shape index (κ2) is 10.1. The van der Waals surface area contributed by atoms with Crippen LogP contribution in [0, 0.1) is 18.8 Å². The number of carbonyl (C=O) groups is 2. The van der Waals surface area contributed by atoms with E-state index in [0.717, 1.165) is 36.2 Å². The third-order valence-corrected chi connectivity index (χ3v) is 6.55. The lowest BCUT2D eigenvalue weighted by Crippen LogP contribution is -2.38. The normalized spacial score (nSPS) is 15.2. The topological polar surface area (TPSA) is 119 Å². The molecule has 1 aliphatic rings. The molecule has 0 radical (unpaired) electrons. The summed E-state index contributed by atoms with van der Waals surface area (Å²) in [6, 6.07) is 10.6. The highest BCUT2D eigenvalue weighted by Gasteiger charge is 2.32. The number of carbonyl (C=O) groups excluding carboxylic acids is 2. The molecule has 37 heavy (non-hydrogen) atoms. The van der Waals surface area contributed by atoms with Gasteiger partial charge in [-0.15, -0.1) is 0 Å². The Hall–Kier alpha value is -4.71. The third kappa shape index (κ3) is 4.61. The first-order chi connectivity index (χ1) is 18.0. The van der Waals surface area contributed by atoms with Gasteiger partial charge >= 0.3 is 0 Å². The van der Waals surface area contributed by atoms with E-state index in [1.165, 1.54) is 0 Å². The predicted molar refractivity (Wildman–Crippen MR) is 142 cm³/mol. The summed E-state index contributed by atoms with van der Waals surface area (Å²) in [6.45, 7) is 4.22. The van der Waals surface area contributed by atoms with Crippen molar-refractivity contribution < 1.29 is 9.59 Å². The second-order valence-electron chi connectivity index (χ2n) is 8.93. The number of hydrogen-bond acceptors (Lipinski definition) is 6. The lowest BCUT2D eigenvalue weighted by molar-refractivity contribution is -0.129. The van der Waals surface area contributed by atoms with Crippen molar-refractivity contribution in [3.05, 3.63) is 71.9 Å². The number of piperidine rings is 1. The monoisotopic (exact) mass is 493 g/mol. The molecule has 0 bridgehead atoms. The Bertz CT molecular complexity index is 1550. The summed E-state index contributed by atoms with van der Waals surface area (Å²) < 4.78 is 1.93. The zero-order valence-electron chi connectivity index (χ0n) is 20.7. The Kier molecular flexibility index (Phi) is 6.56. The van der Waals surface area contributed by atoms with Crippen LogP contribution in [0.5, 0.6) is 0 Å². The molecular weight excluding hydrogens is 466 g/mol. The Labute approximate surface area is 214 Å². The van der Waals surface area contributed by atoms with Gasteiger partial charge in [-0.25, -0.2) is 15.0 Å². The maximum atomic E-state index is 12.8. The van der Waals surface area contributed by atoms with Crippen LogP contribution in [0.25, 0.3) is 16.8 Å². The Morgan fingerprint density at radius 1 is 1.14 bits per heavy atom. The van der Waals surface area contributed by atoms with E-state index in [4.69, 9.17) is 10.7 Å². The number of pyridine rings is 1. The van der Waals surface area contributed by atoms with E-state index in [-0.39, 0.29) is 17.9 Å². The Morgan fingerprint density at radius 2 is 2.00 bits per heavy atom. The van der Waals surface area contributed by atoms with E-state index < -0.39 is 0 Å². The van der Waals surface area contributed by atoms with Gasteiger partial charge in [-0.3, -0.25) is 14.0 Å². The lowest BCUT2D eigenvalue weighted by Gasteiger charge is -2.33. The SMILES string of the molecule is CC#CC(=O)N1CCCC[C@H]1c1nc(-c2ccc(C(=O)Nc3ccccn3)cc2C)c2c(N)nccn12. The van der Waals surface area contributed by atoms with E-state index in [9.17, 15) is 9.59 Å². The number of aryl methyl sites for hydroxylation is 1. The number of anilines is 2. The molecule has 1 saturated heterocycles. The molecule has 0 spiro atoms. The van der Waals surface area contributed by atoms with Crippen LogP contribution < -0.4 is 11.1 Å². The number of amides is 2. The minimum Gasteiger partial charge on any atom is -0.382 e. The highest BCUT2D eigenvalue weighted by molar-refractivity contribution is 6.04. The summed E-state index contributed by atoms with van der Waals surface area (Å²) >= 11 is 0. The highest BCUT2D eigenvalue weighted by Crippen LogP contribution is 2.36. The molecule has 0 aliphatic carbocycles. The molecule has 9 heteroatoms. The molecule has 186 valence electrons. The first kappa shape index (κ1) is 24.0. The molecule has 4 heterocycles. The van der Waals surface area contributed by atoms with Gasteiger partial charge < -0.3 is 16.0 Å². The fraction of sp³-hybridized carbons (Fsp3) is 0.250. The summed E-state index contributed by atoms with van der Waals surface area (Å²) in [6.07, 6.45) is 7.77. The van der Waals surface area contributed by atoms with E-state index in [1.807, 2.05) is 35.7 Å². The summed E-state index contributed by atoms with van der Waals surface area (Å²) in [5.41, 5.74) is 9.88. The standard InChI is InChI=1S/C28H27N7O2/c1-3-8-23(36)34-15-7-5-9-21(34)27-33-24(25-26(29)31-14-16-35(25)27)20-12-11-19(17-18(20)2)28(37)32-22-10-4-6-13-30-22/h4,6,10-14,16-17,21H,5,7,9,15H2,1-2H3,(H2,29,31)(H,30,32,37)/t21-/m0/s1. The second-order valence-corrected chi connectivity index (χ2v) is 8.93. The number of nitrogens with zero attached hydrogens (tertiary/aromatic N) is 5. The first-order valence-electron chi connectivity index (χ1n) is 12.2. The van der Waals surface area contributed by atoms with Crippen molar-refractivity contribution in [1.82, 2.24) is 24.3 Å². The Morgan fingerprint density at radius 3 is 2.76 bits per heavy atom. The Balaban J connectivity index is 1.56. The fourth-order valence-corrected chi connectivity index (χ4v) is 4.83. The van der Waals surface area contributed by atoms with Crippen molar-refractivity contribution in [2.45, 2.75) is 39.2 Å². The van der Waals surface area contributed by atoms with Gasteiger partial charge in [0.25, 0.3) is 11.8 Å². The van der Waals surface area contributed by atoms with Crippen molar-refractivity contribution >= 4 is 29.0 Å². The molecule has 0 unspecified atom stereocenters. The van der Waals surface area contributed by atoms with Crippen LogP contribution in [0.3, 0.4) is 0 Å². The minimum atomic E-state index is -0.252. The van der Waals surface area contributed by atoms with E-state index >= 15 is 0 Å². The molecule has 0 saturated carbocycles. The summed E-state index contributed by atoms with van der Waals surface area (Å²) in [7, 11) is 0. The molecule has 1 aromatic carbocycles. The first-order valence-corrected chi connectivity index (χ1v) is 12.2. The summed E-state index contributed by atoms with van der Waals surface area (Å²) in [5.74, 6) is 6.49. The molecule has 4 aromatic rings. The van der Waals surface area contributed by atoms with Gasteiger partial charge in [-0.1, -0.05) is 18.1 Å². The third-order valence-electron chi connectivity index (χ3n) is 6.55. The molecule has 9 nitrogen and oxygen atoms in total. The van der Waals surface area contributed by atoms with Crippen LogP contribution in [0.1, 0.15) is 54.0 Å². The van der Waals surface area contributed by atoms with Gasteiger partial charge in [0.1, 0.15) is 28.7 Å². The van der Waals surface area contributed by atoms with E-state index in [2.05, 4.69) is 27.1 Å². The highest BCUT2D eigenvalue weighted by atomic mass is 16.2. The fourth-order valence-electron chi connectivity index (χ4n) is 4.83. The molecule has 1 fully saturated rings. The van der Waals surface area contributed by atoms with E-state index in [1.54, 1.807) is 42.4 Å². The number of nitrogens with two attached hydrogens (primary N) is 1. The number of fused-ring (bicyclic) bond motifs is 1. The van der Waals surface area contributed by atoms with Gasteiger partial charge in [-0.2, -0.15) is 0 Å². The van der Waals surface area contributed by atoms with Crippen molar-refractivity contribution in [2.24, 2.45) is 0 Å². The number of benzene rings is 1. The van der Waals surface area contributed by atoms with Gasteiger partial charge in [0.05, 0.1) is 6.04 Å². The number of likely N-dealkylation sites (tertiary alicyclic amines) is 1. The quantitative estimate of drug-likeness (QED) is 0.415. The van der Waals surface area contributed by atoms with Crippen molar-refractivity contribution in [3.63, 3.8) is 0 Å². The average Bonchev–Trinajstić information content (AvgIpc) is 3.30. The number of aromatic nitrogens is 4. The van der Waals surface area contributed by atoms with Crippen LogP contribution in [-0.2, 0) is 4.79 Å². The smallest absolute Gasteiger partial charge is 0.299 e. The van der Waals surface area contributed by atoms with Gasteiger partial charge in [0, 0.05) is 36.3 Å². The summed E-state index contributed by atoms with van der Waals surface area (Å²) in [5, 5.41) is 2.81. The average molecular weight is 494 g/mol. The van der Waals surface area contributed by atoms with E-state index in [0.29, 0.717) is 35.0 Å². The molecule has 3 aromatic heterocycles. The lowest BCUT2D eigenvalue weighted by atomic mass is 10.0. The number of nitrogen functional groups attached to an aromatic ring is 1. The molecule has 2 amide bonds. The zero-order chi connectivity index (χ0) is 25.9. The minimum absolute atomic E-state index is 0.202. The van der Waals surface area contributed by atoms with Crippen LogP contribution >= 0.6 is 0 Å². The van der Waals surface area contributed by atoms with Crippen LogP contribution in [0.4, 0.5) is 11.6 Å². The van der Waals surface area contributed by atoms with Crippen molar-refractivity contribution in [1.29, 1.82) is 0 Å². The maximum absolute atomic E-state index is 12.8. The predicted octanol–water partition coefficient (Wildman–Crippen LogP) is 4.01. The van der Waals surface area contributed by atoms with Crippen LogP contribution in [0.15, 0.2) is 55.0 Å². The van der Waals surface area contributed by atoms with Gasteiger partial charge in [0.2, 0.25) is 0 Å². The van der Waals surface area contributed by atoms with Crippen LogP contribution in [-0.4, -0.2) is 42.6 Å². The molecular formula is C28H27N7O2. The molecule has 5 rings (SSSR count). The van der Waals surface area contributed by atoms with Crippen LogP contribution in [0.2, 0.25) is 0 Å². The van der Waals surface area contributed by atoms with Crippen molar-refractivity contribution in [3.8, 4) is 23.1 Å². The largest absolute Gasteiger partial charge is 0.382 e. The number of nitrogens with one attached hydrogen (secondary N) is 1. The molecule has 1 aliphatic heterocycles. The van der Waals surface area contributed by atoms with Gasteiger partial charge in [-0.05, 0) is 68.9 Å². The number of imidazole rings is 1. The van der Waals surface area contributed by atoms with Gasteiger partial charge in [0.15, 0.2) is 0 Å². The summed E-state index contributed by atoms with van der Waals surface area (Å²) in [4.78, 5) is 40.9.